The van der Waals surface area contributed by atoms with Gasteiger partial charge in [-0.15, -0.1) is 0 Å². The van der Waals surface area contributed by atoms with E-state index in [2.05, 4.69) is 46.2 Å². The van der Waals surface area contributed by atoms with Gasteiger partial charge in [-0.25, -0.2) is 4.98 Å². The van der Waals surface area contributed by atoms with E-state index in [9.17, 15) is 0 Å². The highest BCUT2D eigenvalue weighted by Gasteiger charge is 2.43. The first-order chi connectivity index (χ1) is 12.6. The quantitative estimate of drug-likeness (QED) is 0.826. The average Bonchev–Trinajstić information content (AvgIpc) is 2.81. The van der Waals surface area contributed by atoms with Gasteiger partial charge in [-0.1, -0.05) is 24.3 Å². The van der Waals surface area contributed by atoms with E-state index < -0.39 is 0 Å². The number of hydrogen-bond acceptors (Lipinski definition) is 5. The number of nitrogen functional groups attached to an aromatic ring is 2. The molecule has 1 aliphatic carbocycles. The SMILES string of the molecule is CN1C2CC[C@@H]1CC([C@@H]1CCc3ccccc3-c3nc(N)nc(N)c31)C2. The van der Waals surface area contributed by atoms with Gasteiger partial charge in [0, 0.05) is 23.2 Å². The van der Waals surface area contributed by atoms with Crippen molar-refractivity contribution < 1.29 is 0 Å². The van der Waals surface area contributed by atoms with Crippen molar-refractivity contribution in [2.45, 2.75) is 56.5 Å². The fourth-order valence-corrected chi connectivity index (χ4v) is 5.75. The zero-order valence-corrected chi connectivity index (χ0v) is 15.4. The van der Waals surface area contributed by atoms with Crippen LogP contribution >= 0.6 is 0 Å². The molecule has 0 radical (unpaired) electrons. The van der Waals surface area contributed by atoms with Crippen molar-refractivity contribution in [2.24, 2.45) is 5.92 Å². The Morgan fingerprint density at radius 1 is 1.00 bits per heavy atom. The maximum absolute atomic E-state index is 6.44. The van der Waals surface area contributed by atoms with Crippen molar-refractivity contribution in [1.29, 1.82) is 0 Å². The summed E-state index contributed by atoms with van der Waals surface area (Å²) < 4.78 is 0. The van der Waals surface area contributed by atoms with Gasteiger partial charge in [0.05, 0.1) is 5.69 Å². The van der Waals surface area contributed by atoms with Crippen LogP contribution in [0.15, 0.2) is 24.3 Å². The number of aryl methyl sites for hydroxylation is 1. The largest absolute Gasteiger partial charge is 0.383 e. The Bertz CT molecular complexity index is 834. The van der Waals surface area contributed by atoms with Crippen LogP contribution in [-0.2, 0) is 6.42 Å². The summed E-state index contributed by atoms with van der Waals surface area (Å²) in [4.78, 5) is 11.6. The second-order valence-corrected chi connectivity index (χ2v) is 8.31. The first-order valence-corrected chi connectivity index (χ1v) is 9.85. The molecule has 0 spiro atoms. The van der Waals surface area contributed by atoms with Crippen molar-refractivity contribution in [1.82, 2.24) is 14.9 Å². The summed E-state index contributed by atoms with van der Waals surface area (Å²) in [6, 6.07) is 10.0. The molecule has 4 N–H and O–H groups in total. The molecule has 1 aromatic heterocycles. The lowest BCUT2D eigenvalue weighted by Crippen LogP contribution is -2.41. The third kappa shape index (κ3) is 2.41. The molecule has 3 heterocycles. The summed E-state index contributed by atoms with van der Waals surface area (Å²) in [6.07, 6.45) is 7.39. The molecule has 4 atom stereocenters. The molecular formula is C21H27N5. The summed E-state index contributed by atoms with van der Waals surface area (Å²) in [6.45, 7) is 0. The number of fused-ring (bicyclic) bond motifs is 5. The van der Waals surface area contributed by atoms with E-state index in [-0.39, 0.29) is 5.95 Å². The molecule has 136 valence electrons. The Kier molecular flexibility index (Phi) is 3.67. The second kappa shape index (κ2) is 5.95. The van der Waals surface area contributed by atoms with Crippen molar-refractivity contribution in [3.05, 3.63) is 35.4 Å². The van der Waals surface area contributed by atoms with Crippen LogP contribution < -0.4 is 11.5 Å². The van der Waals surface area contributed by atoms with Gasteiger partial charge >= 0.3 is 0 Å². The van der Waals surface area contributed by atoms with Crippen molar-refractivity contribution in [3.63, 3.8) is 0 Å². The summed E-state index contributed by atoms with van der Waals surface area (Å²) in [7, 11) is 2.30. The Labute approximate surface area is 154 Å². The van der Waals surface area contributed by atoms with Crippen molar-refractivity contribution in [2.75, 3.05) is 18.5 Å². The van der Waals surface area contributed by atoms with Crippen LogP contribution in [0.3, 0.4) is 0 Å². The van der Waals surface area contributed by atoms with Crippen molar-refractivity contribution in [3.8, 4) is 11.3 Å². The molecule has 5 rings (SSSR count). The fraction of sp³-hybridized carbons (Fsp3) is 0.524. The Balaban J connectivity index is 1.61. The van der Waals surface area contributed by atoms with Gasteiger partial charge in [0.1, 0.15) is 5.82 Å². The number of benzene rings is 1. The molecule has 5 nitrogen and oxygen atoms in total. The van der Waals surface area contributed by atoms with Crippen LogP contribution in [-0.4, -0.2) is 34.0 Å². The third-order valence-electron chi connectivity index (χ3n) is 7.06. The van der Waals surface area contributed by atoms with E-state index in [0.29, 0.717) is 17.7 Å². The highest BCUT2D eigenvalue weighted by Crippen LogP contribution is 2.49. The lowest BCUT2D eigenvalue weighted by molar-refractivity contribution is 0.118. The topological polar surface area (TPSA) is 81.1 Å². The molecule has 2 bridgehead atoms. The van der Waals surface area contributed by atoms with Gasteiger partial charge in [-0.3, -0.25) is 0 Å². The first kappa shape index (κ1) is 16.1. The number of rotatable bonds is 1. The van der Waals surface area contributed by atoms with E-state index in [1.807, 2.05) is 0 Å². The second-order valence-electron chi connectivity index (χ2n) is 8.31. The van der Waals surface area contributed by atoms with Gasteiger partial charge in [0.2, 0.25) is 5.95 Å². The number of anilines is 2. The van der Waals surface area contributed by atoms with Gasteiger partial charge in [0.25, 0.3) is 0 Å². The minimum absolute atomic E-state index is 0.278. The molecule has 5 heteroatoms. The molecule has 26 heavy (non-hydrogen) atoms. The normalized spacial score (nSPS) is 30.5. The molecule has 0 amide bonds. The molecule has 3 aliphatic rings. The highest BCUT2D eigenvalue weighted by atomic mass is 15.2. The van der Waals surface area contributed by atoms with Crippen LogP contribution in [0.25, 0.3) is 11.3 Å². The standard InChI is InChI=1S/C21H27N5/c1-26-14-7-8-15(26)11-13(10-14)16-9-6-12-4-2-3-5-17(12)19-18(16)20(22)25-21(23)24-19/h2-5,13-16H,6-11H2,1H3,(H4,22,23,24,25)/t13?,14-,15?,16+/m1/s1. The molecule has 2 aromatic rings. The Hall–Kier alpha value is -2.14. The minimum atomic E-state index is 0.278. The maximum atomic E-state index is 6.44. The zero-order valence-electron chi connectivity index (χ0n) is 15.4. The predicted molar refractivity (Wildman–Crippen MR) is 105 cm³/mol. The Morgan fingerprint density at radius 2 is 1.73 bits per heavy atom. The smallest absolute Gasteiger partial charge is 0.222 e. The van der Waals surface area contributed by atoms with Crippen LogP contribution in [0.2, 0.25) is 0 Å². The summed E-state index contributed by atoms with van der Waals surface area (Å²) in [5.74, 6) is 1.95. The predicted octanol–water partition coefficient (Wildman–Crippen LogP) is 3.21. The highest BCUT2D eigenvalue weighted by molar-refractivity contribution is 5.73. The number of hydrogen-bond donors (Lipinski definition) is 2. The first-order valence-electron chi connectivity index (χ1n) is 9.85. The van der Waals surface area contributed by atoms with Gasteiger partial charge < -0.3 is 16.4 Å². The molecule has 2 fully saturated rings. The average molecular weight is 349 g/mol. The minimum Gasteiger partial charge on any atom is -0.383 e. The molecule has 2 unspecified atom stereocenters. The lowest BCUT2D eigenvalue weighted by Gasteiger charge is -2.40. The van der Waals surface area contributed by atoms with Crippen LogP contribution in [0.4, 0.5) is 11.8 Å². The van der Waals surface area contributed by atoms with Gasteiger partial charge in [0.15, 0.2) is 0 Å². The van der Waals surface area contributed by atoms with E-state index in [1.54, 1.807) is 0 Å². The number of nitrogens with two attached hydrogens (primary N) is 2. The van der Waals surface area contributed by atoms with E-state index >= 15 is 0 Å². The molecular weight excluding hydrogens is 322 g/mol. The monoisotopic (exact) mass is 349 g/mol. The Morgan fingerprint density at radius 3 is 2.50 bits per heavy atom. The molecule has 2 aliphatic heterocycles. The van der Waals surface area contributed by atoms with Gasteiger partial charge in [-0.2, -0.15) is 4.98 Å². The summed E-state index contributed by atoms with van der Waals surface area (Å²) >= 11 is 0. The van der Waals surface area contributed by atoms with E-state index in [0.717, 1.165) is 36.2 Å². The van der Waals surface area contributed by atoms with Crippen molar-refractivity contribution >= 4 is 11.8 Å². The summed E-state index contributed by atoms with van der Waals surface area (Å²) in [5.41, 5.74) is 17.1. The zero-order chi connectivity index (χ0) is 17.8. The van der Waals surface area contributed by atoms with E-state index in [4.69, 9.17) is 11.5 Å². The van der Waals surface area contributed by atoms with Crippen LogP contribution in [0.5, 0.6) is 0 Å². The summed E-state index contributed by atoms with van der Waals surface area (Å²) in [5, 5.41) is 0. The molecule has 2 saturated heterocycles. The number of piperidine rings is 1. The van der Waals surface area contributed by atoms with Crippen LogP contribution in [0, 0.1) is 5.92 Å². The number of nitrogens with zero attached hydrogens (tertiary/aromatic N) is 3. The lowest BCUT2D eigenvalue weighted by atomic mass is 9.75. The third-order valence-corrected chi connectivity index (χ3v) is 7.06. The fourth-order valence-electron chi connectivity index (χ4n) is 5.75. The molecule has 0 saturated carbocycles. The van der Waals surface area contributed by atoms with E-state index in [1.165, 1.54) is 36.8 Å². The molecule has 1 aromatic carbocycles. The van der Waals surface area contributed by atoms with Crippen LogP contribution in [0.1, 0.15) is 49.1 Å². The maximum Gasteiger partial charge on any atom is 0.222 e. The number of aromatic nitrogens is 2. The van der Waals surface area contributed by atoms with Gasteiger partial charge in [-0.05, 0) is 63.0 Å².